The zero-order valence-electron chi connectivity index (χ0n) is 22.6. The molecule has 0 spiro atoms. The zero-order chi connectivity index (χ0) is 27.6. The zero-order valence-corrected chi connectivity index (χ0v) is 22.6. The van der Waals surface area contributed by atoms with E-state index in [0.717, 1.165) is 48.1 Å². The lowest BCUT2D eigenvalue weighted by molar-refractivity contribution is -0.123. The van der Waals surface area contributed by atoms with Gasteiger partial charge < -0.3 is 20.4 Å². The van der Waals surface area contributed by atoms with Crippen molar-refractivity contribution in [1.82, 2.24) is 20.6 Å². The van der Waals surface area contributed by atoms with Crippen LogP contribution in [-0.4, -0.2) is 34.6 Å². The van der Waals surface area contributed by atoms with Crippen LogP contribution in [0.2, 0.25) is 0 Å². The first-order chi connectivity index (χ1) is 19.6. The number of alkyl carbamates (subject to hydrolysis) is 1. The van der Waals surface area contributed by atoms with E-state index in [1.54, 1.807) is 6.20 Å². The minimum Gasteiger partial charge on any atom is -0.445 e. The summed E-state index contributed by atoms with van der Waals surface area (Å²) in [5.41, 5.74) is 3.99. The normalized spacial score (nSPS) is 17.5. The van der Waals surface area contributed by atoms with E-state index in [4.69, 9.17) is 4.74 Å². The summed E-state index contributed by atoms with van der Waals surface area (Å²) in [5.74, 6) is 0.616. The first kappa shape index (κ1) is 27.2. The Labute approximate surface area is 235 Å². The molecule has 4 aromatic rings. The second kappa shape index (κ2) is 13.6. The highest BCUT2D eigenvalue weighted by atomic mass is 16.5. The number of H-pyrrole nitrogens is 1. The minimum absolute atomic E-state index is 0.0103. The van der Waals surface area contributed by atoms with E-state index in [1.165, 1.54) is 0 Å². The van der Waals surface area contributed by atoms with E-state index >= 15 is 0 Å². The van der Waals surface area contributed by atoms with Crippen molar-refractivity contribution >= 4 is 12.0 Å². The predicted molar refractivity (Wildman–Crippen MR) is 155 cm³/mol. The van der Waals surface area contributed by atoms with Crippen LogP contribution in [0, 0.1) is 5.92 Å². The molecule has 3 aromatic carbocycles. The van der Waals surface area contributed by atoms with E-state index < -0.39 is 12.0 Å². The van der Waals surface area contributed by atoms with Gasteiger partial charge in [-0.15, -0.1) is 0 Å². The van der Waals surface area contributed by atoms with Gasteiger partial charge in [0.05, 0.1) is 17.8 Å². The fourth-order valence-electron chi connectivity index (χ4n) is 5.26. The summed E-state index contributed by atoms with van der Waals surface area (Å²) >= 11 is 0. The molecule has 206 valence electrons. The number of rotatable bonds is 10. The topological polar surface area (TPSA) is 96.1 Å². The maximum atomic E-state index is 13.6. The van der Waals surface area contributed by atoms with Gasteiger partial charge in [-0.05, 0) is 54.7 Å². The molecule has 5 rings (SSSR count). The third-order valence-electron chi connectivity index (χ3n) is 7.55. The van der Waals surface area contributed by atoms with E-state index in [0.29, 0.717) is 24.7 Å². The molecule has 1 saturated carbocycles. The summed E-state index contributed by atoms with van der Waals surface area (Å²) in [6, 6.07) is 29.8. The molecule has 1 aliphatic carbocycles. The Kier molecular flexibility index (Phi) is 9.25. The third kappa shape index (κ3) is 7.59. The molecular weight excluding hydrogens is 500 g/mol. The molecule has 0 aliphatic heterocycles. The first-order valence-electron chi connectivity index (χ1n) is 14.0. The molecule has 2 amide bonds. The highest BCUT2D eigenvalue weighted by Gasteiger charge is 2.29. The Hall–Kier alpha value is -4.39. The van der Waals surface area contributed by atoms with Crippen LogP contribution in [0.3, 0.4) is 0 Å². The molecule has 1 fully saturated rings. The van der Waals surface area contributed by atoms with Crippen LogP contribution in [0.25, 0.3) is 11.3 Å². The fraction of sp³-hybridized carbons (Fsp3) is 0.303. The van der Waals surface area contributed by atoms with Gasteiger partial charge in [-0.1, -0.05) is 91.0 Å². The van der Waals surface area contributed by atoms with Gasteiger partial charge in [-0.3, -0.25) is 4.79 Å². The molecule has 1 unspecified atom stereocenters. The van der Waals surface area contributed by atoms with E-state index in [-0.39, 0.29) is 18.6 Å². The van der Waals surface area contributed by atoms with Crippen molar-refractivity contribution in [2.75, 3.05) is 6.54 Å². The second-order valence-corrected chi connectivity index (χ2v) is 10.5. The number of ether oxygens (including phenoxy) is 1. The Morgan fingerprint density at radius 2 is 1.48 bits per heavy atom. The Morgan fingerprint density at radius 3 is 2.15 bits per heavy atom. The highest BCUT2D eigenvalue weighted by Crippen LogP contribution is 2.27. The summed E-state index contributed by atoms with van der Waals surface area (Å²) < 4.78 is 5.32. The van der Waals surface area contributed by atoms with E-state index in [2.05, 4.69) is 20.6 Å². The minimum atomic E-state index is -0.418. The second-order valence-electron chi connectivity index (χ2n) is 10.5. The number of benzene rings is 3. The van der Waals surface area contributed by atoms with Crippen LogP contribution < -0.4 is 10.6 Å². The lowest BCUT2D eigenvalue weighted by atomic mass is 9.85. The average Bonchev–Trinajstić information content (AvgIpc) is 3.50. The molecule has 1 aliphatic rings. The van der Waals surface area contributed by atoms with Crippen molar-refractivity contribution < 1.29 is 14.3 Å². The van der Waals surface area contributed by atoms with Crippen LogP contribution >= 0.6 is 0 Å². The largest absolute Gasteiger partial charge is 0.445 e. The van der Waals surface area contributed by atoms with Gasteiger partial charge in [-0.25, -0.2) is 9.78 Å². The number of nitrogens with one attached hydrogen (secondary N) is 3. The third-order valence-corrected chi connectivity index (χ3v) is 7.55. The van der Waals surface area contributed by atoms with Gasteiger partial charge in [0.15, 0.2) is 0 Å². The number of hydrogen-bond donors (Lipinski definition) is 3. The SMILES string of the molecule is O=C(NCC1CCC(NC(=O)C(Cc2ccccc2)c2ncc(-c3ccccc3)[nH]2)CC1)OCc1ccccc1. The Balaban J connectivity index is 1.13. The molecule has 0 radical (unpaired) electrons. The van der Waals surface area contributed by atoms with Crippen molar-refractivity contribution in [3.05, 3.63) is 114 Å². The van der Waals surface area contributed by atoms with E-state index in [1.807, 2.05) is 91.0 Å². The molecule has 1 atom stereocenters. The van der Waals surface area contributed by atoms with Gasteiger partial charge in [0.2, 0.25) is 5.91 Å². The smallest absolute Gasteiger partial charge is 0.407 e. The number of imidazole rings is 1. The molecule has 0 saturated heterocycles. The maximum absolute atomic E-state index is 13.6. The van der Waals surface area contributed by atoms with E-state index in [9.17, 15) is 9.59 Å². The highest BCUT2D eigenvalue weighted by molar-refractivity contribution is 5.83. The summed E-state index contributed by atoms with van der Waals surface area (Å²) in [7, 11) is 0. The van der Waals surface area contributed by atoms with Gasteiger partial charge in [0.25, 0.3) is 0 Å². The molecular formula is C33H36N4O3. The molecule has 1 aromatic heterocycles. The number of aromatic nitrogens is 2. The lowest BCUT2D eigenvalue weighted by Crippen LogP contribution is -2.42. The molecule has 40 heavy (non-hydrogen) atoms. The van der Waals surface area contributed by atoms with Gasteiger partial charge >= 0.3 is 6.09 Å². The van der Waals surface area contributed by atoms with Crippen molar-refractivity contribution in [2.24, 2.45) is 5.92 Å². The summed E-state index contributed by atoms with van der Waals surface area (Å²) in [5, 5.41) is 6.20. The Bertz CT molecular complexity index is 1350. The average molecular weight is 537 g/mol. The van der Waals surface area contributed by atoms with Crippen LogP contribution in [0.1, 0.15) is 48.6 Å². The molecule has 0 bridgehead atoms. The standard InChI is InChI=1S/C33H36N4O3/c38-32(36-28-18-16-25(17-19-28)21-35-33(39)40-23-26-12-6-2-7-13-26)29(20-24-10-4-1-5-11-24)31-34-22-30(37-31)27-14-8-3-9-15-27/h1-15,22,25,28-29H,16-21,23H2,(H,34,37)(H,35,39)(H,36,38). The predicted octanol–water partition coefficient (Wildman–Crippen LogP) is 6.00. The molecule has 7 nitrogen and oxygen atoms in total. The van der Waals surface area contributed by atoms with Gasteiger partial charge in [0, 0.05) is 12.6 Å². The number of hydrogen-bond acceptors (Lipinski definition) is 4. The Morgan fingerprint density at radius 1 is 0.850 bits per heavy atom. The number of carbonyl (C=O) groups excluding carboxylic acids is 2. The van der Waals surface area contributed by atoms with Crippen molar-refractivity contribution in [1.29, 1.82) is 0 Å². The lowest BCUT2D eigenvalue weighted by Gasteiger charge is -2.30. The first-order valence-corrected chi connectivity index (χ1v) is 14.0. The quantitative estimate of drug-likeness (QED) is 0.231. The maximum Gasteiger partial charge on any atom is 0.407 e. The summed E-state index contributed by atoms with van der Waals surface area (Å²) in [6.45, 7) is 0.845. The number of nitrogens with zero attached hydrogens (tertiary/aromatic N) is 1. The van der Waals surface area contributed by atoms with Gasteiger partial charge in [-0.2, -0.15) is 0 Å². The van der Waals surface area contributed by atoms with Crippen LogP contribution in [-0.2, 0) is 22.6 Å². The molecule has 3 N–H and O–H groups in total. The number of aromatic amines is 1. The van der Waals surface area contributed by atoms with Gasteiger partial charge in [0.1, 0.15) is 12.4 Å². The van der Waals surface area contributed by atoms with Crippen molar-refractivity contribution in [3.63, 3.8) is 0 Å². The fourth-order valence-corrected chi connectivity index (χ4v) is 5.26. The number of amides is 2. The van der Waals surface area contributed by atoms with Crippen molar-refractivity contribution in [3.8, 4) is 11.3 Å². The van der Waals surface area contributed by atoms with Crippen LogP contribution in [0.5, 0.6) is 0 Å². The van der Waals surface area contributed by atoms with Crippen molar-refractivity contribution in [2.45, 2.75) is 50.7 Å². The molecule has 1 heterocycles. The number of carbonyl (C=O) groups is 2. The molecule has 7 heteroatoms. The monoisotopic (exact) mass is 536 g/mol. The van der Waals surface area contributed by atoms with Crippen LogP contribution in [0.15, 0.2) is 97.2 Å². The summed E-state index contributed by atoms with van der Waals surface area (Å²) in [4.78, 5) is 33.7. The summed E-state index contributed by atoms with van der Waals surface area (Å²) in [6.07, 6.45) is 5.61. The van der Waals surface area contributed by atoms with Crippen LogP contribution in [0.4, 0.5) is 4.79 Å².